The van der Waals surface area contributed by atoms with Gasteiger partial charge in [-0.15, -0.1) is 0 Å². The van der Waals surface area contributed by atoms with Crippen molar-refractivity contribution in [2.75, 3.05) is 24.6 Å². The molecule has 376 valence electrons. The molecule has 0 aliphatic carbocycles. The van der Waals surface area contributed by atoms with E-state index in [1.54, 1.807) is 33.9 Å². The highest BCUT2D eigenvalue weighted by Crippen LogP contribution is 2.21. The average Bonchev–Trinajstić information content (AvgIpc) is 3.95. The number of aliphatic carboxylic acids is 1. The average molecular weight is 992 g/mol. The quantitative estimate of drug-likeness (QED) is 0.0418. The van der Waals surface area contributed by atoms with Gasteiger partial charge in [0.15, 0.2) is 0 Å². The van der Waals surface area contributed by atoms with Gasteiger partial charge < -0.3 is 68.8 Å². The highest BCUT2D eigenvalue weighted by Gasteiger charge is 2.41. The molecule has 1 saturated heterocycles. The number of hydrogen-bond donors (Lipinski definition) is 14. The Kier molecular flexibility index (Phi) is 22.0. The molecule has 0 unspecified atom stereocenters. The number of hydrogen-bond acceptors (Lipinski definition) is 14. The number of aliphatic hydroxyl groups is 1. The molecule has 2 aromatic rings. The van der Waals surface area contributed by atoms with E-state index in [1.165, 1.54) is 11.8 Å². The Bertz CT molecular complexity index is 2160. The number of rotatable bonds is 26. The number of para-hydroxylation sites is 1. The molecular weight excluding hydrogens is 927 g/mol. The summed E-state index contributed by atoms with van der Waals surface area (Å²) in [6.07, 6.45) is 0.743. The lowest BCUT2D eigenvalue weighted by atomic mass is 9.97. The van der Waals surface area contributed by atoms with Gasteiger partial charge in [-0.3, -0.25) is 43.2 Å². The van der Waals surface area contributed by atoms with Crippen molar-refractivity contribution in [1.82, 2.24) is 47.1 Å². The molecule has 1 aromatic heterocycles. The molecule has 0 saturated carbocycles. The standard InChI is InChI=1S/C43H65N11O12S2/c1-6-21(4)34(39(61)47-17-32(57)48-27(15-31(45)56)37(59)50-29(19-68)43(65)66)52-38(60)30-12-9-13-54(30)42(64)28(18-67)49-40(62)33(20(2)3)51-41(63)35(22(5)55)53-36(58)25(44)14-23-16-46-26-11-8-7-10-24(23)26/h7-8,10-11,16,20-22,25,27-30,33-35,46,55,67-68H,6,9,12-15,17-19,44H2,1-5H3,(H2,45,56)(H,47,61)(H,48,57)(H,49,62)(H,50,59)(H,51,63)(H,52,60)(H,53,58)(H,65,66)/t21-,22+,25-,27-,28-,29-,30-,33-,34-,35-/m0/s1. The first-order valence-electron chi connectivity index (χ1n) is 22.2. The Morgan fingerprint density at radius 2 is 1.41 bits per heavy atom. The summed E-state index contributed by atoms with van der Waals surface area (Å²) in [6.45, 7) is 7.38. The summed E-state index contributed by atoms with van der Waals surface area (Å²) >= 11 is 8.16. The third kappa shape index (κ3) is 15.8. The lowest BCUT2D eigenvalue weighted by Crippen LogP contribution is -2.62. The van der Waals surface area contributed by atoms with Crippen LogP contribution >= 0.6 is 25.3 Å². The molecular formula is C43H65N11O12S2. The summed E-state index contributed by atoms with van der Waals surface area (Å²) in [5.74, 6) is -10.5. The van der Waals surface area contributed by atoms with Gasteiger partial charge in [-0.05, 0) is 49.7 Å². The molecule has 23 nitrogen and oxygen atoms in total. The SMILES string of the molecule is CC[C@H](C)[C@H](NC(=O)[C@@H]1CCCN1C(=O)[C@H](CS)NC(=O)[C@@H](NC(=O)[C@@H](NC(=O)[C@@H](N)Cc1c[nH]c2ccccc12)[C@@H](C)O)C(C)C)C(=O)NCC(=O)N[C@@H](CC(N)=O)C(=O)N[C@@H](CS)C(=O)O. The molecule has 25 heteroatoms. The van der Waals surface area contributed by atoms with Crippen LogP contribution in [-0.4, -0.2) is 158 Å². The van der Waals surface area contributed by atoms with Crippen molar-refractivity contribution in [2.45, 2.75) is 121 Å². The highest BCUT2D eigenvalue weighted by atomic mass is 32.1. The van der Waals surface area contributed by atoms with Crippen molar-refractivity contribution in [2.24, 2.45) is 23.3 Å². The topological polar surface area (TPSA) is 366 Å². The molecule has 14 N–H and O–H groups in total. The number of carbonyl (C=O) groups is 10. The van der Waals surface area contributed by atoms with Gasteiger partial charge in [-0.2, -0.15) is 25.3 Å². The van der Waals surface area contributed by atoms with Crippen LogP contribution < -0.4 is 48.7 Å². The number of aromatic amines is 1. The number of nitrogens with zero attached hydrogens (tertiary/aromatic N) is 1. The van der Waals surface area contributed by atoms with Gasteiger partial charge in [0.1, 0.15) is 42.3 Å². The lowest BCUT2D eigenvalue weighted by Gasteiger charge is -2.32. The summed E-state index contributed by atoms with van der Waals surface area (Å²) < 4.78 is 0. The Balaban J connectivity index is 1.65. The van der Waals surface area contributed by atoms with E-state index in [-0.39, 0.29) is 30.9 Å². The van der Waals surface area contributed by atoms with E-state index in [2.05, 4.69) is 67.5 Å². The molecule has 1 fully saturated rings. The minimum absolute atomic E-state index is 0.112. The molecule has 2 heterocycles. The number of fused-ring (bicyclic) bond motifs is 1. The number of nitrogens with two attached hydrogens (primary N) is 2. The first-order valence-corrected chi connectivity index (χ1v) is 23.4. The van der Waals surface area contributed by atoms with E-state index in [0.29, 0.717) is 12.8 Å². The van der Waals surface area contributed by atoms with Crippen molar-refractivity contribution in [1.29, 1.82) is 0 Å². The smallest absolute Gasteiger partial charge is 0.327 e. The summed E-state index contributed by atoms with van der Waals surface area (Å²) in [5.41, 5.74) is 13.1. The minimum Gasteiger partial charge on any atom is -0.480 e. The number of carbonyl (C=O) groups excluding carboxylic acids is 9. The Morgan fingerprint density at radius 3 is 2.00 bits per heavy atom. The van der Waals surface area contributed by atoms with Crippen molar-refractivity contribution < 1.29 is 58.2 Å². The van der Waals surface area contributed by atoms with Gasteiger partial charge in [-0.1, -0.05) is 52.3 Å². The fourth-order valence-electron chi connectivity index (χ4n) is 7.37. The number of carboxylic acid groups (broad SMARTS) is 1. The van der Waals surface area contributed by atoms with E-state index >= 15 is 0 Å². The number of aromatic nitrogens is 1. The van der Waals surface area contributed by atoms with Crippen molar-refractivity contribution in [3.05, 3.63) is 36.0 Å². The third-order valence-corrected chi connectivity index (χ3v) is 12.2. The summed E-state index contributed by atoms with van der Waals surface area (Å²) in [7, 11) is 0. The maximum absolute atomic E-state index is 14.0. The molecule has 1 aliphatic rings. The van der Waals surface area contributed by atoms with Crippen molar-refractivity contribution in [3.63, 3.8) is 0 Å². The van der Waals surface area contributed by atoms with Gasteiger partial charge in [0.05, 0.1) is 25.1 Å². The molecule has 0 radical (unpaired) electrons. The van der Waals surface area contributed by atoms with Crippen LogP contribution in [0.15, 0.2) is 30.5 Å². The fraction of sp³-hybridized carbons (Fsp3) is 0.581. The lowest BCUT2D eigenvalue weighted by molar-refractivity contribution is -0.142. The zero-order valence-corrected chi connectivity index (χ0v) is 40.4. The van der Waals surface area contributed by atoms with Gasteiger partial charge in [-0.25, -0.2) is 4.79 Å². The van der Waals surface area contributed by atoms with E-state index in [9.17, 15) is 58.2 Å². The maximum atomic E-state index is 14.0. The molecule has 10 atom stereocenters. The number of H-pyrrole nitrogens is 1. The van der Waals surface area contributed by atoms with Crippen LogP contribution in [0, 0.1) is 11.8 Å². The van der Waals surface area contributed by atoms with E-state index in [1.807, 2.05) is 24.3 Å². The number of likely N-dealkylation sites (tertiary alicyclic amines) is 1. The fourth-order valence-corrected chi connectivity index (χ4v) is 7.86. The van der Waals surface area contributed by atoms with Crippen LogP contribution in [0.3, 0.4) is 0 Å². The van der Waals surface area contributed by atoms with Gasteiger partial charge in [0.2, 0.25) is 53.2 Å². The second-order valence-corrected chi connectivity index (χ2v) is 17.8. The molecule has 1 aromatic carbocycles. The summed E-state index contributed by atoms with van der Waals surface area (Å²) in [4.78, 5) is 135. The van der Waals surface area contributed by atoms with Crippen LogP contribution in [0.25, 0.3) is 10.9 Å². The highest BCUT2D eigenvalue weighted by molar-refractivity contribution is 7.80. The number of aliphatic hydroxyl groups excluding tert-OH is 1. The van der Waals surface area contributed by atoms with Gasteiger partial charge in [0, 0.05) is 35.2 Å². The van der Waals surface area contributed by atoms with E-state index < -0.39 is 138 Å². The summed E-state index contributed by atoms with van der Waals surface area (Å²) in [5, 5.41) is 37.8. The van der Waals surface area contributed by atoms with Crippen LogP contribution in [0.5, 0.6) is 0 Å². The second kappa shape index (κ2) is 26.6. The number of thiol groups is 2. The second-order valence-electron chi connectivity index (χ2n) is 17.0. The van der Waals surface area contributed by atoms with Crippen LogP contribution in [0.4, 0.5) is 0 Å². The molecule has 9 amide bonds. The Hall–Kier alpha value is -5.92. The molecule has 0 spiro atoms. The van der Waals surface area contributed by atoms with Crippen LogP contribution in [0.1, 0.15) is 65.9 Å². The zero-order valence-electron chi connectivity index (χ0n) is 38.6. The molecule has 3 rings (SSSR count). The molecule has 68 heavy (non-hydrogen) atoms. The minimum atomic E-state index is -1.58. The number of benzene rings is 1. The largest absolute Gasteiger partial charge is 0.480 e. The van der Waals surface area contributed by atoms with Crippen molar-refractivity contribution >= 4 is 95.3 Å². The van der Waals surface area contributed by atoms with Gasteiger partial charge in [0.25, 0.3) is 0 Å². The van der Waals surface area contributed by atoms with E-state index in [4.69, 9.17) is 11.5 Å². The first-order chi connectivity index (χ1) is 32.0. The number of carboxylic acids is 1. The number of primary amides is 1. The predicted molar refractivity (Wildman–Crippen MR) is 254 cm³/mol. The number of amides is 9. The first kappa shape index (κ1) is 56.4. The molecule has 0 bridgehead atoms. The normalized spacial score (nSPS) is 17.5. The van der Waals surface area contributed by atoms with Crippen LogP contribution in [0.2, 0.25) is 0 Å². The predicted octanol–water partition coefficient (Wildman–Crippen LogP) is -3.04. The maximum Gasteiger partial charge on any atom is 0.327 e. The monoisotopic (exact) mass is 991 g/mol. The Morgan fingerprint density at radius 1 is 0.794 bits per heavy atom. The van der Waals surface area contributed by atoms with Crippen LogP contribution in [-0.2, 0) is 54.4 Å². The van der Waals surface area contributed by atoms with Crippen molar-refractivity contribution in [3.8, 4) is 0 Å². The third-order valence-electron chi connectivity index (χ3n) is 11.5. The summed E-state index contributed by atoms with van der Waals surface area (Å²) in [6, 6.07) is -3.01. The van der Waals surface area contributed by atoms with E-state index in [0.717, 1.165) is 16.5 Å². The number of nitrogens with one attached hydrogen (secondary N) is 8. The molecule has 1 aliphatic heterocycles. The zero-order chi connectivity index (χ0) is 51.0. The Labute approximate surface area is 404 Å². The van der Waals surface area contributed by atoms with Gasteiger partial charge >= 0.3 is 5.97 Å².